The number of hydrogen-bond donors (Lipinski definition) is 1. The SMILES string of the molecule is CCCCCCCCCCCCOS(=O)(=O)CCCO.[NaH]. The molecule has 0 atom stereocenters. The van der Waals surface area contributed by atoms with Gasteiger partial charge in [-0.25, -0.2) is 0 Å². The van der Waals surface area contributed by atoms with Crippen molar-refractivity contribution in [3.05, 3.63) is 0 Å². The zero-order valence-electron chi connectivity index (χ0n) is 13.0. The van der Waals surface area contributed by atoms with Crippen molar-refractivity contribution in [3.8, 4) is 0 Å². The van der Waals surface area contributed by atoms with Crippen molar-refractivity contribution in [2.75, 3.05) is 19.0 Å². The van der Waals surface area contributed by atoms with Gasteiger partial charge in [0.25, 0.3) is 10.1 Å². The Balaban J connectivity index is 0. The molecule has 0 aromatic heterocycles. The standard InChI is InChI=1S/C15H32O4S.Na.H/c1-2-3-4-5-6-7-8-9-10-11-14-19-20(17,18)15-12-13-16;;/h16H,2-15H2,1H3;;. The summed E-state index contributed by atoms with van der Waals surface area (Å²) in [5.74, 6) is -0.0821. The molecule has 0 spiro atoms. The molecular weight excluding hydrogens is 299 g/mol. The van der Waals surface area contributed by atoms with E-state index in [1.54, 1.807) is 0 Å². The molecule has 4 nitrogen and oxygen atoms in total. The van der Waals surface area contributed by atoms with Crippen LogP contribution >= 0.6 is 0 Å². The zero-order valence-corrected chi connectivity index (χ0v) is 13.8. The predicted octanol–water partition coefficient (Wildman–Crippen LogP) is 2.99. The molecule has 0 heterocycles. The molecule has 0 radical (unpaired) electrons. The fraction of sp³-hybridized carbons (Fsp3) is 1.00. The first-order valence-corrected chi connectivity index (χ1v) is 9.68. The van der Waals surface area contributed by atoms with Gasteiger partial charge in [0.1, 0.15) is 0 Å². The van der Waals surface area contributed by atoms with Gasteiger partial charge in [-0.1, -0.05) is 64.7 Å². The summed E-state index contributed by atoms with van der Waals surface area (Å²) in [6.07, 6.45) is 12.4. The molecular formula is C15H33NaO4S. The average molecular weight is 332 g/mol. The molecule has 0 saturated heterocycles. The molecule has 0 aliphatic heterocycles. The number of aliphatic hydroxyl groups is 1. The van der Waals surface area contributed by atoms with Crippen LogP contribution in [0.4, 0.5) is 0 Å². The van der Waals surface area contributed by atoms with Crippen LogP contribution in [0.5, 0.6) is 0 Å². The van der Waals surface area contributed by atoms with Crippen molar-refractivity contribution < 1.29 is 17.7 Å². The zero-order chi connectivity index (χ0) is 15.1. The van der Waals surface area contributed by atoms with Gasteiger partial charge in [0.05, 0.1) is 12.4 Å². The quantitative estimate of drug-likeness (QED) is 0.284. The van der Waals surface area contributed by atoms with E-state index in [9.17, 15) is 8.42 Å². The monoisotopic (exact) mass is 332 g/mol. The Morgan fingerprint density at radius 2 is 1.29 bits per heavy atom. The molecule has 0 aliphatic rings. The van der Waals surface area contributed by atoms with Crippen LogP contribution in [0.25, 0.3) is 0 Å². The van der Waals surface area contributed by atoms with Crippen molar-refractivity contribution in [1.29, 1.82) is 0 Å². The summed E-state index contributed by atoms with van der Waals surface area (Å²) in [5.41, 5.74) is 0. The van der Waals surface area contributed by atoms with Crippen LogP contribution in [-0.2, 0) is 14.3 Å². The van der Waals surface area contributed by atoms with Crippen LogP contribution in [-0.4, -0.2) is 62.0 Å². The molecule has 0 saturated carbocycles. The molecule has 21 heavy (non-hydrogen) atoms. The van der Waals surface area contributed by atoms with E-state index in [2.05, 4.69) is 6.92 Å². The second-order valence-electron chi connectivity index (χ2n) is 5.34. The second-order valence-corrected chi connectivity index (χ2v) is 7.10. The first-order chi connectivity index (χ1) is 9.62. The van der Waals surface area contributed by atoms with E-state index in [-0.39, 0.29) is 54.9 Å². The Kier molecular flexibility index (Phi) is 19.8. The first kappa shape index (κ1) is 24.1. The molecule has 0 bridgehead atoms. The maximum atomic E-state index is 11.3. The van der Waals surface area contributed by atoms with Crippen molar-refractivity contribution in [2.45, 2.75) is 77.6 Å². The summed E-state index contributed by atoms with van der Waals surface area (Å²) in [7, 11) is -3.41. The fourth-order valence-electron chi connectivity index (χ4n) is 2.08. The Bertz CT molecular complexity index is 294. The Hall–Kier alpha value is 0.870. The van der Waals surface area contributed by atoms with Gasteiger partial charge < -0.3 is 5.11 Å². The summed E-state index contributed by atoms with van der Waals surface area (Å²) in [6.45, 7) is 2.40. The van der Waals surface area contributed by atoms with Gasteiger partial charge in [-0.05, 0) is 12.8 Å². The van der Waals surface area contributed by atoms with Crippen LogP contribution in [0.2, 0.25) is 0 Å². The van der Waals surface area contributed by atoms with E-state index in [0.29, 0.717) is 0 Å². The first-order valence-electron chi connectivity index (χ1n) is 8.10. The minimum atomic E-state index is -3.41. The van der Waals surface area contributed by atoms with Crippen LogP contribution in [0.3, 0.4) is 0 Å². The minimum absolute atomic E-state index is 0. The molecule has 0 aromatic rings. The number of rotatable bonds is 15. The Morgan fingerprint density at radius 3 is 1.76 bits per heavy atom. The number of hydrogen-bond acceptors (Lipinski definition) is 4. The van der Waals surface area contributed by atoms with Gasteiger partial charge in [-0.3, -0.25) is 4.18 Å². The Morgan fingerprint density at radius 1 is 0.810 bits per heavy atom. The van der Waals surface area contributed by atoms with E-state index in [1.165, 1.54) is 44.9 Å². The second kappa shape index (κ2) is 17.2. The van der Waals surface area contributed by atoms with Crippen molar-refractivity contribution in [2.24, 2.45) is 0 Å². The van der Waals surface area contributed by atoms with Gasteiger partial charge in [0.15, 0.2) is 0 Å². The van der Waals surface area contributed by atoms with Crippen molar-refractivity contribution in [1.82, 2.24) is 0 Å². The molecule has 124 valence electrons. The van der Waals surface area contributed by atoms with Gasteiger partial charge in [0.2, 0.25) is 0 Å². The summed E-state index contributed by atoms with van der Waals surface area (Å²) in [5, 5.41) is 8.57. The molecule has 0 rings (SSSR count). The topological polar surface area (TPSA) is 63.6 Å². The fourth-order valence-corrected chi connectivity index (χ4v) is 3.05. The van der Waals surface area contributed by atoms with Gasteiger partial charge in [0, 0.05) is 6.61 Å². The van der Waals surface area contributed by atoms with Crippen LogP contribution < -0.4 is 0 Å². The summed E-state index contributed by atoms with van der Waals surface area (Å²) in [4.78, 5) is 0. The molecule has 6 heteroatoms. The third-order valence-electron chi connectivity index (χ3n) is 3.31. The summed E-state index contributed by atoms with van der Waals surface area (Å²) >= 11 is 0. The van der Waals surface area contributed by atoms with Crippen LogP contribution in [0.1, 0.15) is 77.6 Å². The number of aliphatic hydroxyl groups excluding tert-OH is 1. The van der Waals surface area contributed by atoms with Gasteiger partial charge in [-0.15, -0.1) is 0 Å². The summed E-state index contributed by atoms with van der Waals surface area (Å²) in [6, 6.07) is 0. The maximum absolute atomic E-state index is 11.3. The van der Waals surface area contributed by atoms with Crippen LogP contribution in [0.15, 0.2) is 0 Å². The molecule has 1 N–H and O–H groups in total. The van der Waals surface area contributed by atoms with Gasteiger partial charge in [-0.2, -0.15) is 8.42 Å². The van der Waals surface area contributed by atoms with E-state index >= 15 is 0 Å². The van der Waals surface area contributed by atoms with E-state index in [0.717, 1.165) is 19.3 Å². The van der Waals surface area contributed by atoms with E-state index < -0.39 is 10.1 Å². The van der Waals surface area contributed by atoms with Gasteiger partial charge >= 0.3 is 29.6 Å². The predicted molar refractivity (Wildman–Crippen MR) is 90.4 cm³/mol. The molecule has 0 fully saturated rings. The van der Waals surface area contributed by atoms with Crippen molar-refractivity contribution in [3.63, 3.8) is 0 Å². The molecule has 0 aromatic carbocycles. The van der Waals surface area contributed by atoms with E-state index in [4.69, 9.17) is 9.29 Å². The number of unbranched alkanes of at least 4 members (excludes halogenated alkanes) is 9. The molecule has 0 aliphatic carbocycles. The third kappa shape index (κ3) is 18.8. The average Bonchev–Trinajstić information content (AvgIpc) is 2.42. The van der Waals surface area contributed by atoms with Crippen LogP contribution in [0, 0.1) is 0 Å². The van der Waals surface area contributed by atoms with Crippen molar-refractivity contribution >= 4 is 39.7 Å². The summed E-state index contributed by atoms with van der Waals surface area (Å²) < 4.78 is 27.5. The molecule has 0 amide bonds. The molecule has 0 unspecified atom stereocenters. The Labute approximate surface area is 153 Å². The third-order valence-corrected chi connectivity index (χ3v) is 4.63. The normalized spacial score (nSPS) is 11.3. The van der Waals surface area contributed by atoms with E-state index in [1.807, 2.05) is 0 Å².